The molecule has 0 N–H and O–H groups in total. The molecule has 0 radical (unpaired) electrons. The van der Waals surface area contributed by atoms with E-state index < -0.39 is 0 Å². The van der Waals surface area contributed by atoms with Crippen LogP contribution in [0.5, 0.6) is 0 Å². The fourth-order valence-corrected chi connectivity index (χ4v) is 4.35. The molecule has 4 aliphatic heterocycles. The fourth-order valence-electron chi connectivity index (χ4n) is 4.35. The van der Waals surface area contributed by atoms with Gasteiger partial charge >= 0.3 is 0 Å². The minimum Gasteiger partial charge on any atom is -0.333 e. The number of piperidine rings is 1. The Balaban J connectivity index is 1.72. The lowest BCUT2D eigenvalue weighted by atomic mass is 9.97. The van der Waals surface area contributed by atoms with Crippen molar-refractivity contribution in [2.75, 3.05) is 33.4 Å². The van der Waals surface area contributed by atoms with Gasteiger partial charge in [0.15, 0.2) is 0 Å². The van der Waals surface area contributed by atoms with Gasteiger partial charge < -0.3 is 9.80 Å². The normalized spacial score (nSPS) is 26.7. The zero-order valence-corrected chi connectivity index (χ0v) is 15.6. The highest BCUT2D eigenvalue weighted by atomic mass is 16.7. The first kappa shape index (κ1) is 16.7. The van der Waals surface area contributed by atoms with Crippen LogP contribution in [-0.2, 0) is 4.84 Å². The summed E-state index contributed by atoms with van der Waals surface area (Å²) in [5, 5.41) is 1.86. The summed E-state index contributed by atoms with van der Waals surface area (Å²) in [6.07, 6.45) is 11.4. The molecule has 1 atom stereocenters. The molecule has 0 spiro atoms. The summed E-state index contributed by atoms with van der Waals surface area (Å²) in [6.45, 7) is 8.56. The van der Waals surface area contributed by atoms with Crippen molar-refractivity contribution in [3.8, 4) is 0 Å². The summed E-state index contributed by atoms with van der Waals surface area (Å²) in [7, 11) is 1.72. The van der Waals surface area contributed by atoms with Gasteiger partial charge in [0.25, 0.3) is 0 Å². The average molecular weight is 343 g/mol. The highest BCUT2D eigenvalue weighted by molar-refractivity contribution is 5.81. The van der Waals surface area contributed by atoms with Crippen molar-refractivity contribution < 1.29 is 4.84 Å². The van der Waals surface area contributed by atoms with Crippen LogP contribution in [0.1, 0.15) is 39.5 Å². The number of nitrogens with zero attached hydrogens (tertiary/aromatic N) is 5. The van der Waals surface area contributed by atoms with E-state index in [1.165, 1.54) is 49.4 Å². The largest absolute Gasteiger partial charge is 0.333 e. The predicted octanol–water partition coefficient (Wildman–Crippen LogP) is 2.70. The fraction of sp³-hybridized carbons (Fsp3) is 0.632. The Morgan fingerprint density at radius 1 is 1.20 bits per heavy atom. The van der Waals surface area contributed by atoms with E-state index in [0.717, 1.165) is 25.3 Å². The van der Waals surface area contributed by atoms with Gasteiger partial charge in [0.05, 0.1) is 31.3 Å². The van der Waals surface area contributed by atoms with Crippen LogP contribution in [-0.4, -0.2) is 65.4 Å². The second-order valence-electron chi connectivity index (χ2n) is 7.26. The first-order valence-corrected chi connectivity index (χ1v) is 9.50. The highest BCUT2D eigenvalue weighted by Gasteiger charge is 2.39. The van der Waals surface area contributed by atoms with Gasteiger partial charge in [-0.1, -0.05) is 13.3 Å². The maximum absolute atomic E-state index is 5.43. The molecule has 0 aromatic rings. The van der Waals surface area contributed by atoms with Gasteiger partial charge in [-0.25, -0.2) is 5.06 Å². The second-order valence-corrected chi connectivity index (χ2v) is 7.26. The van der Waals surface area contributed by atoms with Crippen molar-refractivity contribution in [1.82, 2.24) is 19.8 Å². The Morgan fingerprint density at radius 2 is 2.00 bits per heavy atom. The van der Waals surface area contributed by atoms with Crippen molar-refractivity contribution in [3.05, 3.63) is 35.2 Å². The van der Waals surface area contributed by atoms with Crippen molar-refractivity contribution in [2.45, 2.75) is 45.6 Å². The standard InChI is InChI=1S/C19H29N5O/c1-4-8-22-12-15(2)18(21-9-6-5-7-10-21)17-19(22)24-14-23(25-3)13-16(24)11-20-17/h11-13,18H,4-10,14H2,1-3H3. The molecule has 25 heavy (non-hydrogen) atoms. The second kappa shape index (κ2) is 6.84. The van der Waals surface area contributed by atoms with Crippen molar-refractivity contribution in [3.63, 3.8) is 0 Å². The van der Waals surface area contributed by atoms with E-state index in [0.29, 0.717) is 6.04 Å². The number of allylic oxidation sites excluding steroid dienone is 1. The summed E-state index contributed by atoms with van der Waals surface area (Å²) < 4.78 is 0. The maximum Gasteiger partial charge on any atom is 0.138 e. The summed E-state index contributed by atoms with van der Waals surface area (Å²) in [6, 6.07) is 0.304. The van der Waals surface area contributed by atoms with Gasteiger partial charge in [-0.2, -0.15) is 0 Å². The smallest absolute Gasteiger partial charge is 0.138 e. The van der Waals surface area contributed by atoms with Gasteiger partial charge in [-0.05, 0) is 44.8 Å². The molecule has 4 heterocycles. The Hall–Kier alpha value is -1.79. The van der Waals surface area contributed by atoms with Crippen LogP contribution in [0, 0.1) is 0 Å². The molecule has 0 aliphatic carbocycles. The zero-order chi connectivity index (χ0) is 17.4. The molecule has 4 aliphatic rings. The molecule has 0 bridgehead atoms. The van der Waals surface area contributed by atoms with Crippen LogP contribution in [0.25, 0.3) is 0 Å². The SMILES string of the molecule is CCCN1C=C(C)C(N2CCCCC2)C2=C1N1CN(OC)C=C1C=N2. The maximum atomic E-state index is 5.43. The van der Waals surface area contributed by atoms with E-state index >= 15 is 0 Å². The number of hydroxylamine groups is 2. The van der Waals surface area contributed by atoms with E-state index in [-0.39, 0.29) is 0 Å². The summed E-state index contributed by atoms with van der Waals surface area (Å²) in [5.41, 5.74) is 3.71. The number of hydrogen-bond donors (Lipinski definition) is 0. The van der Waals surface area contributed by atoms with Gasteiger partial charge in [0.1, 0.15) is 18.2 Å². The third-order valence-corrected chi connectivity index (χ3v) is 5.47. The minimum absolute atomic E-state index is 0.304. The van der Waals surface area contributed by atoms with Crippen LogP contribution < -0.4 is 0 Å². The monoisotopic (exact) mass is 343 g/mol. The number of rotatable bonds is 4. The molecule has 1 unspecified atom stereocenters. The molecule has 6 heteroatoms. The third-order valence-electron chi connectivity index (χ3n) is 5.47. The van der Waals surface area contributed by atoms with Crippen molar-refractivity contribution in [2.24, 2.45) is 4.99 Å². The van der Waals surface area contributed by atoms with E-state index in [2.05, 4.69) is 34.7 Å². The molecule has 0 aromatic carbocycles. The Kier molecular flexibility index (Phi) is 4.56. The van der Waals surface area contributed by atoms with Crippen molar-refractivity contribution in [1.29, 1.82) is 0 Å². The van der Waals surface area contributed by atoms with Crippen LogP contribution in [0.4, 0.5) is 0 Å². The summed E-state index contributed by atoms with van der Waals surface area (Å²) in [5.74, 6) is 1.23. The molecule has 4 rings (SSSR count). The van der Waals surface area contributed by atoms with Crippen LogP contribution in [0.15, 0.2) is 40.2 Å². The molecule has 0 aromatic heterocycles. The lowest BCUT2D eigenvalue weighted by molar-refractivity contribution is -0.0969. The molecule has 0 amide bonds. The quantitative estimate of drug-likeness (QED) is 0.784. The number of hydrogen-bond acceptors (Lipinski definition) is 6. The summed E-state index contributed by atoms with van der Waals surface area (Å²) in [4.78, 5) is 17.7. The van der Waals surface area contributed by atoms with E-state index in [1.54, 1.807) is 7.11 Å². The minimum atomic E-state index is 0.304. The first-order chi connectivity index (χ1) is 12.2. The molecule has 1 saturated heterocycles. The molecular formula is C19H29N5O. The van der Waals surface area contributed by atoms with Crippen LogP contribution in [0.2, 0.25) is 0 Å². The van der Waals surface area contributed by atoms with E-state index in [1.807, 2.05) is 17.5 Å². The molecule has 0 saturated carbocycles. The molecule has 6 nitrogen and oxygen atoms in total. The number of fused-ring (bicyclic) bond motifs is 2. The zero-order valence-electron chi connectivity index (χ0n) is 15.6. The first-order valence-electron chi connectivity index (χ1n) is 9.50. The summed E-state index contributed by atoms with van der Waals surface area (Å²) >= 11 is 0. The van der Waals surface area contributed by atoms with Gasteiger partial charge in [0, 0.05) is 12.7 Å². The Bertz CT molecular complexity index is 644. The highest BCUT2D eigenvalue weighted by Crippen LogP contribution is 2.38. The van der Waals surface area contributed by atoms with Gasteiger partial charge in [-0.3, -0.25) is 14.7 Å². The van der Waals surface area contributed by atoms with E-state index in [9.17, 15) is 0 Å². The van der Waals surface area contributed by atoms with Crippen molar-refractivity contribution >= 4 is 6.21 Å². The lowest BCUT2D eigenvalue weighted by Crippen LogP contribution is -2.48. The average Bonchev–Trinajstić information content (AvgIpc) is 3.06. The molecule has 136 valence electrons. The topological polar surface area (TPSA) is 34.5 Å². The van der Waals surface area contributed by atoms with Crippen LogP contribution >= 0.6 is 0 Å². The third kappa shape index (κ3) is 2.87. The van der Waals surface area contributed by atoms with Gasteiger partial charge in [0.2, 0.25) is 0 Å². The molecule has 1 fully saturated rings. The van der Waals surface area contributed by atoms with Gasteiger partial charge in [-0.15, -0.1) is 0 Å². The Morgan fingerprint density at radius 3 is 2.72 bits per heavy atom. The lowest BCUT2D eigenvalue weighted by Gasteiger charge is -2.44. The van der Waals surface area contributed by atoms with E-state index in [4.69, 9.17) is 9.83 Å². The predicted molar refractivity (Wildman–Crippen MR) is 99.1 cm³/mol. The molecular weight excluding hydrogens is 314 g/mol. The van der Waals surface area contributed by atoms with Crippen LogP contribution in [0.3, 0.4) is 0 Å². The number of aliphatic imine (C=N–C) groups is 1. The Labute approximate surface area is 150 Å². The number of likely N-dealkylation sites (tertiary alicyclic amines) is 1.